The molecule has 0 aromatic carbocycles. The lowest BCUT2D eigenvalue weighted by Gasteiger charge is -2.58. The number of aliphatic hydroxyl groups is 1. The molecule has 1 aromatic rings. The zero-order valence-corrected chi connectivity index (χ0v) is 17.9. The summed E-state index contributed by atoms with van der Waals surface area (Å²) in [5.74, 6) is 0.775. The van der Waals surface area contributed by atoms with Gasteiger partial charge in [0, 0.05) is 43.4 Å². The minimum absolute atomic E-state index is 0.232. The molecule has 7 nitrogen and oxygen atoms in total. The molecule has 2 saturated carbocycles. The van der Waals surface area contributed by atoms with Crippen LogP contribution < -0.4 is 10.6 Å². The number of aromatic nitrogens is 2. The molecule has 158 valence electrons. The van der Waals surface area contributed by atoms with E-state index in [1.807, 2.05) is 13.2 Å². The minimum Gasteiger partial charge on any atom is -0.383 e. The molecule has 0 saturated heterocycles. The van der Waals surface area contributed by atoms with Crippen LogP contribution in [0.5, 0.6) is 0 Å². The second-order valence-electron chi connectivity index (χ2n) is 8.54. The first kappa shape index (κ1) is 21.1. The minimum atomic E-state index is -1.05. The molecular weight excluding hydrogens is 354 g/mol. The molecule has 3 atom stereocenters. The highest BCUT2D eigenvalue weighted by molar-refractivity contribution is 5.80. The van der Waals surface area contributed by atoms with Gasteiger partial charge in [-0.3, -0.25) is 4.68 Å². The van der Waals surface area contributed by atoms with Gasteiger partial charge in [-0.25, -0.2) is 4.99 Å². The Morgan fingerprint density at radius 2 is 2.14 bits per heavy atom. The standard InChI is InChI=1S/C21H37N5O2/c1-5-22-19(23-15-20(3,27)16-13-24-26(4)14-16)25-17-12-18(28-6-2)21(17)10-8-7-9-11-21/h13-14,17-18,27H,5-12,15H2,1-4H3,(H2,22,23,25). The Morgan fingerprint density at radius 1 is 1.39 bits per heavy atom. The number of hydrogen-bond donors (Lipinski definition) is 3. The van der Waals surface area contributed by atoms with Gasteiger partial charge in [-0.2, -0.15) is 5.10 Å². The molecule has 2 fully saturated rings. The number of aryl methyl sites for hydroxylation is 1. The van der Waals surface area contributed by atoms with Gasteiger partial charge < -0.3 is 20.5 Å². The van der Waals surface area contributed by atoms with E-state index in [4.69, 9.17) is 9.73 Å². The lowest BCUT2D eigenvalue weighted by Crippen LogP contribution is -2.66. The molecule has 0 amide bonds. The number of guanidine groups is 1. The zero-order valence-electron chi connectivity index (χ0n) is 17.9. The molecule has 0 aliphatic heterocycles. The van der Waals surface area contributed by atoms with Crippen molar-refractivity contribution in [3.63, 3.8) is 0 Å². The monoisotopic (exact) mass is 391 g/mol. The van der Waals surface area contributed by atoms with Crippen LogP contribution in [0.4, 0.5) is 0 Å². The lowest BCUT2D eigenvalue weighted by molar-refractivity contribution is -0.145. The third-order valence-electron chi connectivity index (χ3n) is 6.46. The topological polar surface area (TPSA) is 83.7 Å². The van der Waals surface area contributed by atoms with E-state index in [2.05, 4.69) is 29.6 Å². The van der Waals surface area contributed by atoms with E-state index in [1.54, 1.807) is 17.8 Å². The maximum atomic E-state index is 10.8. The summed E-state index contributed by atoms with van der Waals surface area (Å²) in [5.41, 5.74) is -0.0402. The average Bonchev–Trinajstić information content (AvgIpc) is 3.13. The Kier molecular flexibility index (Phi) is 6.65. The number of nitrogens with zero attached hydrogens (tertiary/aromatic N) is 3. The van der Waals surface area contributed by atoms with Crippen LogP contribution in [0.2, 0.25) is 0 Å². The van der Waals surface area contributed by atoms with Gasteiger partial charge in [-0.1, -0.05) is 19.3 Å². The Labute approximate surface area is 168 Å². The molecular formula is C21H37N5O2. The van der Waals surface area contributed by atoms with Gasteiger partial charge in [-0.15, -0.1) is 0 Å². The molecule has 1 aromatic heterocycles. The molecule has 1 spiro atoms. The van der Waals surface area contributed by atoms with Crippen LogP contribution in [0.3, 0.4) is 0 Å². The SMILES string of the molecule is CCNC(=NCC(C)(O)c1cnn(C)c1)NC1CC(OCC)C12CCCCC2. The number of nitrogens with one attached hydrogen (secondary N) is 2. The van der Waals surface area contributed by atoms with Crippen LogP contribution in [-0.2, 0) is 17.4 Å². The van der Waals surface area contributed by atoms with Crippen LogP contribution in [0.15, 0.2) is 17.4 Å². The number of hydrogen-bond acceptors (Lipinski definition) is 4. The quantitative estimate of drug-likeness (QED) is 0.491. The first-order valence-corrected chi connectivity index (χ1v) is 10.8. The summed E-state index contributed by atoms with van der Waals surface area (Å²) in [7, 11) is 1.85. The lowest BCUT2D eigenvalue weighted by atomic mass is 9.55. The highest BCUT2D eigenvalue weighted by Gasteiger charge is 2.55. The second-order valence-corrected chi connectivity index (χ2v) is 8.54. The Morgan fingerprint density at radius 3 is 2.75 bits per heavy atom. The van der Waals surface area contributed by atoms with Crippen LogP contribution in [0, 0.1) is 5.41 Å². The molecule has 3 rings (SSSR count). The number of ether oxygens (including phenoxy) is 1. The Balaban J connectivity index is 1.69. The fraction of sp³-hybridized carbons (Fsp3) is 0.810. The molecule has 7 heteroatoms. The highest BCUT2D eigenvalue weighted by atomic mass is 16.5. The van der Waals surface area contributed by atoms with Crippen molar-refractivity contribution in [3.8, 4) is 0 Å². The summed E-state index contributed by atoms with van der Waals surface area (Å²) in [6, 6.07) is 0.380. The van der Waals surface area contributed by atoms with Crippen LogP contribution in [0.25, 0.3) is 0 Å². The van der Waals surface area contributed by atoms with Crippen molar-refractivity contribution in [1.29, 1.82) is 0 Å². The van der Waals surface area contributed by atoms with E-state index in [9.17, 15) is 5.11 Å². The van der Waals surface area contributed by atoms with Crippen LogP contribution in [-0.4, -0.2) is 52.7 Å². The largest absolute Gasteiger partial charge is 0.383 e. The fourth-order valence-corrected chi connectivity index (χ4v) is 4.77. The zero-order chi connectivity index (χ0) is 20.2. The maximum Gasteiger partial charge on any atom is 0.191 e. The molecule has 0 bridgehead atoms. The van der Waals surface area contributed by atoms with Crippen molar-refractivity contribution in [2.75, 3.05) is 19.7 Å². The third-order valence-corrected chi connectivity index (χ3v) is 6.46. The van der Waals surface area contributed by atoms with Crippen LogP contribution in [0.1, 0.15) is 64.9 Å². The first-order chi connectivity index (χ1) is 13.4. The van der Waals surface area contributed by atoms with Gasteiger partial charge in [-0.05, 0) is 40.0 Å². The average molecular weight is 392 g/mol. The number of rotatable bonds is 7. The molecule has 1 heterocycles. The molecule has 0 radical (unpaired) electrons. The van der Waals surface area contributed by atoms with Crippen molar-refractivity contribution in [3.05, 3.63) is 18.0 Å². The molecule has 2 aliphatic rings. The Hall–Kier alpha value is -1.60. The third kappa shape index (κ3) is 4.35. The van der Waals surface area contributed by atoms with E-state index >= 15 is 0 Å². The second kappa shape index (κ2) is 8.82. The van der Waals surface area contributed by atoms with Gasteiger partial charge in [0.05, 0.1) is 18.8 Å². The van der Waals surface area contributed by atoms with E-state index in [0.717, 1.165) is 31.1 Å². The van der Waals surface area contributed by atoms with Gasteiger partial charge in [0.2, 0.25) is 0 Å². The summed E-state index contributed by atoms with van der Waals surface area (Å²) >= 11 is 0. The first-order valence-electron chi connectivity index (χ1n) is 10.8. The fourth-order valence-electron chi connectivity index (χ4n) is 4.77. The van der Waals surface area contributed by atoms with Crippen molar-refractivity contribution >= 4 is 5.96 Å². The maximum absolute atomic E-state index is 10.8. The smallest absolute Gasteiger partial charge is 0.191 e. The van der Waals surface area contributed by atoms with Crippen molar-refractivity contribution in [2.45, 2.75) is 77.0 Å². The van der Waals surface area contributed by atoms with Crippen molar-refractivity contribution in [1.82, 2.24) is 20.4 Å². The summed E-state index contributed by atoms with van der Waals surface area (Å²) in [6.07, 6.45) is 11.3. The van der Waals surface area contributed by atoms with Gasteiger partial charge in [0.25, 0.3) is 0 Å². The summed E-state index contributed by atoms with van der Waals surface area (Å²) < 4.78 is 7.77. The van der Waals surface area contributed by atoms with Crippen molar-refractivity contribution < 1.29 is 9.84 Å². The van der Waals surface area contributed by atoms with Crippen LogP contribution >= 0.6 is 0 Å². The summed E-state index contributed by atoms with van der Waals surface area (Å²) in [6.45, 7) is 7.79. The number of aliphatic imine (C=N–C) groups is 1. The van der Waals surface area contributed by atoms with E-state index < -0.39 is 5.60 Å². The van der Waals surface area contributed by atoms with E-state index in [0.29, 0.717) is 12.1 Å². The molecule has 28 heavy (non-hydrogen) atoms. The summed E-state index contributed by atoms with van der Waals surface area (Å²) in [4.78, 5) is 4.71. The Bertz CT molecular complexity index is 664. The van der Waals surface area contributed by atoms with Gasteiger partial charge in [0.1, 0.15) is 5.60 Å². The molecule has 3 N–H and O–H groups in total. The summed E-state index contributed by atoms with van der Waals surface area (Å²) in [5, 5.41) is 22.0. The predicted octanol–water partition coefficient (Wildman–Crippen LogP) is 2.31. The van der Waals surface area contributed by atoms with E-state index in [-0.39, 0.29) is 12.0 Å². The molecule has 2 aliphatic carbocycles. The van der Waals surface area contributed by atoms with Gasteiger partial charge >= 0.3 is 0 Å². The highest BCUT2D eigenvalue weighted by Crippen LogP contribution is 2.53. The van der Waals surface area contributed by atoms with E-state index in [1.165, 1.54) is 32.1 Å². The normalized spacial score (nSPS) is 26.5. The van der Waals surface area contributed by atoms with Crippen molar-refractivity contribution in [2.24, 2.45) is 17.5 Å². The molecule has 3 unspecified atom stereocenters. The predicted molar refractivity (Wildman–Crippen MR) is 111 cm³/mol. The van der Waals surface area contributed by atoms with Gasteiger partial charge in [0.15, 0.2) is 5.96 Å².